The summed E-state index contributed by atoms with van der Waals surface area (Å²) in [6.07, 6.45) is 3.00. The summed E-state index contributed by atoms with van der Waals surface area (Å²) in [4.78, 5) is 16.3. The van der Waals surface area contributed by atoms with E-state index in [1.165, 1.54) is 37.6 Å². The molecule has 1 aromatic heterocycles. The van der Waals surface area contributed by atoms with E-state index < -0.39 is 15.9 Å². The van der Waals surface area contributed by atoms with Crippen molar-refractivity contribution in [3.05, 3.63) is 84.2 Å². The van der Waals surface area contributed by atoms with Crippen LogP contribution in [0.2, 0.25) is 0 Å². The van der Waals surface area contributed by atoms with Gasteiger partial charge in [-0.2, -0.15) is 5.10 Å². The lowest BCUT2D eigenvalue weighted by Crippen LogP contribution is -2.19. The maximum Gasteiger partial charge on any atom is 0.271 e. The largest absolute Gasteiger partial charge is 0.497 e. The average Bonchev–Trinajstić information content (AvgIpc) is 2.75. The first-order valence-corrected chi connectivity index (χ1v) is 9.97. The molecule has 9 heteroatoms. The molecule has 0 fully saturated rings. The summed E-state index contributed by atoms with van der Waals surface area (Å²) in [5.41, 5.74) is 3.46. The van der Waals surface area contributed by atoms with Crippen molar-refractivity contribution in [2.45, 2.75) is 4.90 Å². The summed E-state index contributed by atoms with van der Waals surface area (Å²) in [5, 5.41) is 3.83. The Kier molecular flexibility index (Phi) is 6.20. The number of hydrogen-bond donors (Lipinski definition) is 2. The van der Waals surface area contributed by atoms with Crippen molar-refractivity contribution in [3.63, 3.8) is 0 Å². The van der Waals surface area contributed by atoms with Gasteiger partial charge in [-0.3, -0.25) is 14.5 Å². The monoisotopic (exact) mass is 410 g/mol. The molecule has 0 bridgehead atoms. The van der Waals surface area contributed by atoms with Crippen LogP contribution in [0.15, 0.2) is 82.9 Å². The first-order chi connectivity index (χ1) is 14.0. The number of sulfonamides is 1. The van der Waals surface area contributed by atoms with Crippen LogP contribution in [0.3, 0.4) is 0 Å². The van der Waals surface area contributed by atoms with Crippen molar-refractivity contribution in [1.29, 1.82) is 0 Å². The fourth-order valence-electron chi connectivity index (χ4n) is 2.35. The van der Waals surface area contributed by atoms with Gasteiger partial charge < -0.3 is 4.74 Å². The Morgan fingerprint density at radius 1 is 1.07 bits per heavy atom. The molecule has 0 saturated carbocycles. The van der Waals surface area contributed by atoms with Gasteiger partial charge in [-0.25, -0.2) is 13.8 Å². The lowest BCUT2D eigenvalue weighted by molar-refractivity contribution is 0.0955. The van der Waals surface area contributed by atoms with Crippen molar-refractivity contribution >= 4 is 27.8 Å². The zero-order valence-electron chi connectivity index (χ0n) is 15.4. The number of pyridine rings is 1. The summed E-state index contributed by atoms with van der Waals surface area (Å²) in [6.45, 7) is 0. The number of anilines is 1. The summed E-state index contributed by atoms with van der Waals surface area (Å²) in [5.74, 6) is 0.0663. The van der Waals surface area contributed by atoms with Crippen LogP contribution in [0.5, 0.6) is 5.75 Å². The fourth-order valence-corrected chi connectivity index (χ4v) is 3.46. The Hall–Kier alpha value is -3.72. The van der Waals surface area contributed by atoms with Crippen LogP contribution in [0, 0.1) is 0 Å². The first kappa shape index (κ1) is 20.0. The number of aromatic nitrogens is 1. The molecule has 0 aliphatic heterocycles. The van der Waals surface area contributed by atoms with Gasteiger partial charge in [0.2, 0.25) is 0 Å². The van der Waals surface area contributed by atoms with Gasteiger partial charge in [-0.1, -0.05) is 12.1 Å². The summed E-state index contributed by atoms with van der Waals surface area (Å²) in [6, 6.07) is 17.4. The summed E-state index contributed by atoms with van der Waals surface area (Å²) < 4.78 is 32.7. The number of hydrogen-bond acceptors (Lipinski definition) is 6. The number of carbonyl (C=O) groups is 1. The van der Waals surface area contributed by atoms with Crippen LogP contribution in [0.1, 0.15) is 16.1 Å². The lowest BCUT2D eigenvalue weighted by Gasteiger charge is -2.09. The minimum atomic E-state index is -3.87. The number of nitrogens with zero attached hydrogens (tertiary/aromatic N) is 2. The predicted octanol–water partition coefficient (Wildman–Crippen LogP) is 2.65. The maximum atomic E-state index is 12.6. The van der Waals surface area contributed by atoms with E-state index in [0.717, 1.165) is 0 Å². The molecule has 0 aliphatic carbocycles. The third kappa shape index (κ3) is 5.39. The molecule has 8 nitrogen and oxygen atoms in total. The number of rotatable bonds is 7. The minimum Gasteiger partial charge on any atom is -0.497 e. The Morgan fingerprint density at radius 3 is 2.55 bits per heavy atom. The first-order valence-electron chi connectivity index (χ1n) is 8.49. The second kappa shape index (κ2) is 8.98. The number of methoxy groups -OCH3 is 1. The highest BCUT2D eigenvalue weighted by molar-refractivity contribution is 7.92. The van der Waals surface area contributed by atoms with Crippen molar-refractivity contribution in [3.8, 4) is 5.75 Å². The topological polar surface area (TPSA) is 110 Å². The number of amides is 1. The molecular weight excluding hydrogens is 392 g/mol. The fraction of sp³-hybridized carbons (Fsp3) is 0.0500. The molecule has 0 atom stereocenters. The zero-order valence-corrected chi connectivity index (χ0v) is 16.3. The van der Waals surface area contributed by atoms with Crippen LogP contribution in [-0.4, -0.2) is 32.6 Å². The highest BCUT2D eigenvalue weighted by Gasteiger charge is 2.16. The van der Waals surface area contributed by atoms with Crippen LogP contribution in [0.25, 0.3) is 0 Å². The van der Waals surface area contributed by atoms with E-state index in [2.05, 4.69) is 20.2 Å². The molecule has 1 amide bonds. The zero-order chi connectivity index (χ0) is 20.7. The van der Waals surface area contributed by atoms with Crippen LogP contribution < -0.4 is 14.9 Å². The molecule has 2 aromatic carbocycles. The Morgan fingerprint density at radius 2 is 1.86 bits per heavy atom. The molecule has 3 aromatic rings. The Bertz CT molecular complexity index is 1110. The second-order valence-corrected chi connectivity index (χ2v) is 7.50. The number of nitrogens with one attached hydrogen (secondary N) is 2. The molecule has 0 unspecified atom stereocenters. The molecule has 3 rings (SSSR count). The lowest BCUT2D eigenvalue weighted by atomic mass is 10.2. The van der Waals surface area contributed by atoms with Gasteiger partial charge in [0.25, 0.3) is 15.9 Å². The number of carbonyl (C=O) groups excluding carboxylic acids is 1. The molecule has 148 valence electrons. The predicted molar refractivity (Wildman–Crippen MR) is 110 cm³/mol. The highest BCUT2D eigenvalue weighted by Crippen LogP contribution is 2.20. The second-order valence-electron chi connectivity index (χ2n) is 5.82. The summed E-state index contributed by atoms with van der Waals surface area (Å²) >= 11 is 0. The molecule has 0 aliphatic rings. The van der Waals surface area contributed by atoms with E-state index in [1.54, 1.807) is 48.7 Å². The molecular formula is C20H18N4O4S. The third-order valence-electron chi connectivity index (χ3n) is 3.80. The molecule has 0 spiro atoms. The average molecular weight is 410 g/mol. The van der Waals surface area contributed by atoms with E-state index in [9.17, 15) is 13.2 Å². The van der Waals surface area contributed by atoms with E-state index >= 15 is 0 Å². The molecule has 29 heavy (non-hydrogen) atoms. The van der Waals surface area contributed by atoms with E-state index in [0.29, 0.717) is 17.1 Å². The van der Waals surface area contributed by atoms with Gasteiger partial charge in [0.05, 0.1) is 23.9 Å². The van der Waals surface area contributed by atoms with Gasteiger partial charge in [0.15, 0.2) is 0 Å². The van der Waals surface area contributed by atoms with Crippen LogP contribution >= 0.6 is 0 Å². The normalized spacial score (nSPS) is 11.2. The molecule has 0 saturated heterocycles. The number of hydrazone groups is 1. The van der Waals surface area contributed by atoms with Gasteiger partial charge >= 0.3 is 0 Å². The van der Waals surface area contributed by atoms with Gasteiger partial charge in [0, 0.05) is 17.4 Å². The Balaban J connectivity index is 1.71. The van der Waals surface area contributed by atoms with Crippen molar-refractivity contribution in [2.24, 2.45) is 5.10 Å². The highest BCUT2D eigenvalue weighted by atomic mass is 32.2. The smallest absolute Gasteiger partial charge is 0.271 e. The number of benzene rings is 2. The van der Waals surface area contributed by atoms with Gasteiger partial charge in [-0.15, -0.1) is 0 Å². The van der Waals surface area contributed by atoms with Gasteiger partial charge in [-0.05, 0) is 54.6 Å². The van der Waals surface area contributed by atoms with Crippen molar-refractivity contribution in [1.82, 2.24) is 10.4 Å². The molecule has 2 N–H and O–H groups in total. The minimum absolute atomic E-state index is 0.0466. The van der Waals surface area contributed by atoms with Crippen molar-refractivity contribution < 1.29 is 17.9 Å². The Labute approximate surface area is 168 Å². The third-order valence-corrected chi connectivity index (χ3v) is 5.18. The SMILES string of the molecule is COc1ccc(NS(=O)(=O)c2cccc(C(=O)N/N=C\c3ccccn3)c2)cc1. The van der Waals surface area contributed by atoms with E-state index in [4.69, 9.17) is 4.74 Å². The van der Waals surface area contributed by atoms with E-state index in [-0.39, 0.29) is 10.5 Å². The standard InChI is InChI=1S/C20H18N4O4S/c1-28-18-10-8-16(9-11-18)24-29(26,27)19-7-4-5-15(13-19)20(25)23-22-14-17-6-2-3-12-21-17/h2-14,24H,1H3,(H,23,25)/b22-14-. The van der Waals surface area contributed by atoms with E-state index in [1.807, 2.05) is 0 Å². The quantitative estimate of drug-likeness (QED) is 0.460. The maximum absolute atomic E-state index is 12.6. The molecule has 0 radical (unpaired) electrons. The summed E-state index contributed by atoms with van der Waals surface area (Å²) in [7, 11) is -2.35. The van der Waals surface area contributed by atoms with Crippen molar-refractivity contribution in [2.75, 3.05) is 11.8 Å². The van der Waals surface area contributed by atoms with Crippen LogP contribution in [0.4, 0.5) is 5.69 Å². The van der Waals surface area contributed by atoms with Gasteiger partial charge in [0.1, 0.15) is 5.75 Å². The van der Waals surface area contributed by atoms with Crippen LogP contribution in [-0.2, 0) is 10.0 Å². The number of ether oxygens (including phenoxy) is 1. The molecule has 1 heterocycles.